The highest BCUT2D eigenvalue weighted by molar-refractivity contribution is 8.01. The van der Waals surface area contributed by atoms with Crippen molar-refractivity contribution < 1.29 is 18.0 Å². The fourth-order valence-corrected chi connectivity index (χ4v) is 5.86. The molecule has 1 aromatic carbocycles. The largest absolute Gasteiger partial charge is 0.325 e. The number of hydrogen-bond acceptors (Lipinski definition) is 8. The summed E-state index contributed by atoms with van der Waals surface area (Å²) < 4.78 is 25.2. The summed E-state index contributed by atoms with van der Waals surface area (Å²) in [5.41, 5.74) is 2.02. The molecule has 180 valence electrons. The molecule has 0 spiro atoms. The van der Waals surface area contributed by atoms with Gasteiger partial charge in [0.25, 0.3) is 0 Å². The summed E-state index contributed by atoms with van der Waals surface area (Å²) in [4.78, 5) is 24.7. The number of nitrogens with one attached hydrogen (secondary N) is 2. The van der Waals surface area contributed by atoms with Crippen molar-refractivity contribution in [3.05, 3.63) is 29.8 Å². The first kappa shape index (κ1) is 25.6. The van der Waals surface area contributed by atoms with Crippen LogP contribution in [0.2, 0.25) is 0 Å². The Morgan fingerprint density at radius 2 is 1.85 bits per heavy atom. The minimum absolute atomic E-state index is 0.139. The minimum Gasteiger partial charge on any atom is -0.325 e. The van der Waals surface area contributed by atoms with Gasteiger partial charge < -0.3 is 10.6 Å². The number of benzene rings is 1. The van der Waals surface area contributed by atoms with Crippen molar-refractivity contribution in [2.75, 3.05) is 35.7 Å². The van der Waals surface area contributed by atoms with Crippen molar-refractivity contribution in [1.29, 1.82) is 0 Å². The van der Waals surface area contributed by atoms with E-state index in [4.69, 9.17) is 0 Å². The number of sulfonamides is 1. The third-order valence-corrected chi connectivity index (χ3v) is 8.59. The zero-order valence-electron chi connectivity index (χ0n) is 18.7. The van der Waals surface area contributed by atoms with Crippen LogP contribution in [0.5, 0.6) is 0 Å². The number of aromatic nitrogens is 2. The van der Waals surface area contributed by atoms with Crippen LogP contribution in [0.4, 0.5) is 10.8 Å². The number of nitrogens with zero attached hydrogens (tertiary/aromatic N) is 3. The second kappa shape index (κ2) is 11.9. The number of carbonyl (C=O) groups is 2. The van der Waals surface area contributed by atoms with Gasteiger partial charge in [0.1, 0.15) is 0 Å². The van der Waals surface area contributed by atoms with Crippen molar-refractivity contribution in [2.45, 2.75) is 43.4 Å². The molecule has 1 fully saturated rings. The molecule has 3 rings (SSSR count). The number of piperidine rings is 1. The number of carbonyl (C=O) groups excluding carboxylic acids is 2. The average Bonchev–Trinajstić information content (AvgIpc) is 3.24. The number of thioether (sulfide) groups is 1. The second-order valence-corrected chi connectivity index (χ2v) is 12.1. The van der Waals surface area contributed by atoms with Gasteiger partial charge in [0.2, 0.25) is 27.0 Å². The van der Waals surface area contributed by atoms with Crippen molar-refractivity contribution in [1.82, 2.24) is 14.5 Å². The van der Waals surface area contributed by atoms with E-state index >= 15 is 0 Å². The van der Waals surface area contributed by atoms with Crippen LogP contribution in [-0.4, -0.2) is 59.8 Å². The van der Waals surface area contributed by atoms with Crippen molar-refractivity contribution in [2.24, 2.45) is 5.92 Å². The molecule has 2 aromatic rings. The molecule has 1 aliphatic rings. The Morgan fingerprint density at radius 1 is 1.15 bits per heavy atom. The number of hydrogen-bond donors (Lipinski definition) is 2. The summed E-state index contributed by atoms with van der Waals surface area (Å²) in [5.74, 6) is -0.401. The van der Waals surface area contributed by atoms with Gasteiger partial charge in [-0.2, -0.15) is 0 Å². The monoisotopic (exact) mass is 511 g/mol. The van der Waals surface area contributed by atoms with Crippen molar-refractivity contribution in [3.8, 4) is 0 Å². The molecule has 2 amide bonds. The molecular formula is C21H29N5O4S3. The lowest BCUT2D eigenvalue weighted by Crippen LogP contribution is -2.40. The lowest BCUT2D eigenvalue weighted by Gasteiger charge is -2.29. The van der Waals surface area contributed by atoms with Gasteiger partial charge in [-0.1, -0.05) is 48.6 Å². The van der Waals surface area contributed by atoms with E-state index in [1.807, 2.05) is 24.3 Å². The molecule has 2 heterocycles. The Kier molecular flexibility index (Phi) is 9.24. The zero-order chi connectivity index (χ0) is 23.8. The summed E-state index contributed by atoms with van der Waals surface area (Å²) in [7, 11) is -3.22. The van der Waals surface area contributed by atoms with E-state index in [2.05, 4.69) is 27.8 Å². The van der Waals surface area contributed by atoms with Crippen LogP contribution >= 0.6 is 23.1 Å². The van der Waals surface area contributed by atoms with Gasteiger partial charge in [-0.15, -0.1) is 10.2 Å². The molecule has 1 aromatic heterocycles. The standard InChI is InChI=1S/C21H29N5O4S3/c1-3-4-5-15-6-8-17(9-7-15)22-18(27)14-31-21-25-24-20(32-21)23-19(28)16-10-12-26(13-11-16)33(2,29)30/h6-9,16H,3-5,10-14H2,1-2H3,(H,22,27)(H,23,24,28). The molecule has 0 atom stereocenters. The van der Waals surface area contributed by atoms with Gasteiger partial charge in [-0.25, -0.2) is 12.7 Å². The Bertz CT molecular complexity index is 1050. The minimum atomic E-state index is -3.22. The predicted octanol–water partition coefficient (Wildman–Crippen LogP) is 3.22. The highest BCUT2D eigenvalue weighted by Gasteiger charge is 2.29. The number of unbranched alkanes of at least 4 members (excludes halogenated alkanes) is 1. The van der Waals surface area contributed by atoms with Crippen LogP contribution in [0.1, 0.15) is 38.2 Å². The lowest BCUT2D eigenvalue weighted by atomic mass is 9.97. The van der Waals surface area contributed by atoms with E-state index in [1.54, 1.807) is 0 Å². The van der Waals surface area contributed by atoms with Gasteiger partial charge in [-0.05, 0) is 43.4 Å². The molecular weight excluding hydrogens is 482 g/mol. The van der Waals surface area contributed by atoms with E-state index in [1.165, 1.54) is 39.2 Å². The Labute approximate surface area is 202 Å². The first-order valence-electron chi connectivity index (χ1n) is 10.9. The van der Waals surface area contributed by atoms with Crippen LogP contribution < -0.4 is 10.6 Å². The fourth-order valence-electron chi connectivity index (χ4n) is 3.44. The predicted molar refractivity (Wildman–Crippen MR) is 132 cm³/mol. The van der Waals surface area contributed by atoms with Crippen LogP contribution in [0.25, 0.3) is 0 Å². The van der Waals surface area contributed by atoms with Gasteiger partial charge in [-0.3, -0.25) is 9.59 Å². The normalized spacial score (nSPS) is 15.3. The number of anilines is 2. The van der Waals surface area contributed by atoms with Crippen LogP contribution in [0, 0.1) is 5.92 Å². The van der Waals surface area contributed by atoms with Crippen molar-refractivity contribution >= 4 is 55.8 Å². The Balaban J connectivity index is 1.41. The molecule has 0 saturated carbocycles. The molecule has 9 nitrogen and oxygen atoms in total. The van der Waals surface area contributed by atoms with Gasteiger partial charge in [0.05, 0.1) is 12.0 Å². The summed E-state index contributed by atoms with van der Waals surface area (Å²) >= 11 is 2.47. The average molecular weight is 512 g/mol. The van der Waals surface area contributed by atoms with E-state index in [0.717, 1.165) is 24.9 Å². The third-order valence-electron chi connectivity index (χ3n) is 5.31. The number of rotatable bonds is 10. The highest BCUT2D eigenvalue weighted by Crippen LogP contribution is 2.27. The van der Waals surface area contributed by atoms with E-state index in [0.29, 0.717) is 35.4 Å². The van der Waals surface area contributed by atoms with Crippen molar-refractivity contribution in [3.63, 3.8) is 0 Å². The van der Waals surface area contributed by atoms with Crippen LogP contribution in [0.3, 0.4) is 0 Å². The SMILES string of the molecule is CCCCc1ccc(NC(=O)CSc2nnc(NC(=O)C3CCN(S(C)(=O)=O)CC3)s2)cc1. The van der Waals surface area contributed by atoms with E-state index in [9.17, 15) is 18.0 Å². The maximum absolute atomic E-state index is 12.5. The summed E-state index contributed by atoms with van der Waals surface area (Å²) in [6.07, 6.45) is 5.46. The molecule has 2 N–H and O–H groups in total. The maximum Gasteiger partial charge on any atom is 0.234 e. The fraction of sp³-hybridized carbons (Fsp3) is 0.524. The maximum atomic E-state index is 12.5. The molecule has 0 aliphatic carbocycles. The molecule has 0 unspecified atom stereocenters. The van der Waals surface area contributed by atoms with Gasteiger partial charge >= 0.3 is 0 Å². The first-order chi connectivity index (χ1) is 15.7. The zero-order valence-corrected chi connectivity index (χ0v) is 21.2. The van der Waals surface area contributed by atoms with E-state index < -0.39 is 10.0 Å². The molecule has 0 bridgehead atoms. The van der Waals surface area contributed by atoms with E-state index in [-0.39, 0.29) is 23.5 Å². The van der Waals surface area contributed by atoms with Gasteiger partial charge in [0.15, 0.2) is 4.34 Å². The summed E-state index contributed by atoms with van der Waals surface area (Å²) in [6.45, 7) is 2.84. The van der Waals surface area contributed by atoms with Gasteiger partial charge in [0, 0.05) is 24.7 Å². The molecule has 12 heteroatoms. The molecule has 1 aliphatic heterocycles. The third kappa shape index (κ3) is 8.05. The first-order valence-corrected chi connectivity index (χ1v) is 14.5. The summed E-state index contributed by atoms with van der Waals surface area (Å²) in [6, 6.07) is 7.88. The smallest absolute Gasteiger partial charge is 0.234 e. The number of aryl methyl sites for hydroxylation is 1. The molecule has 0 radical (unpaired) electrons. The molecule has 33 heavy (non-hydrogen) atoms. The molecule has 1 saturated heterocycles. The number of amides is 2. The topological polar surface area (TPSA) is 121 Å². The highest BCUT2D eigenvalue weighted by atomic mass is 32.2. The Hall–Kier alpha value is -2.02. The Morgan fingerprint density at radius 3 is 2.48 bits per heavy atom. The summed E-state index contributed by atoms with van der Waals surface area (Å²) in [5, 5.41) is 14.0. The lowest BCUT2D eigenvalue weighted by molar-refractivity contribution is -0.121. The van der Waals surface area contributed by atoms with Crippen LogP contribution in [0.15, 0.2) is 28.6 Å². The quantitative estimate of drug-likeness (QED) is 0.371. The second-order valence-electron chi connectivity index (χ2n) is 7.94. The van der Waals surface area contributed by atoms with Crippen LogP contribution in [-0.2, 0) is 26.0 Å².